The van der Waals surface area contributed by atoms with Crippen LogP contribution < -0.4 is 10.6 Å². The summed E-state index contributed by atoms with van der Waals surface area (Å²) in [4.78, 5) is 0. The monoisotopic (exact) mass is 282 g/mol. The molecule has 1 aromatic carbocycles. The van der Waals surface area contributed by atoms with Crippen LogP contribution in [-0.2, 0) is 0 Å². The number of benzene rings is 1. The molecule has 88 valence electrons. The second-order valence-electron chi connectivity index (χ2n) is 4.72. The van der Waals surface area contributed by atoms with Crippen molar-refractivity contribution >= 4 is 21.6 Å². The molecule has 1 aromatic rings. The van der Waals surface area contributed by atoms with Crippen molar-refractivity contribution in [2.75, 3.05) is 25.5 Å². The zero-order valence-corrected chi connectivity index (χ0v) is 11.3. The van der Waals surface area contributed by atoms with Gasteiger partial charge in [-0.05, 0) is 48.0 Å². The first-order chi connectivity index (χ1) is 7.76. The van der Waals surface area contributed by atoms with E-state index in [0.29, 0.717) is 5.41 Å². The minimum atomic E-state index is 0.476. The maximum absolute atomic E-state index is 3.56. The third-order valence-corrected chi connectivity index (χ3v) is 4.19. The topological polar surface area (TPSA) is 24.1 Å². The summed E-state index contributed by atoms with van der Waals surface area (Å²) in [5.41, 5.74) is 1.68. The van der Waals surface area contributed by atoms with Gasteiger partial charge in [0.2, 0.25) is 0 Å². The molecule has 0 amide bonds. The molecule has 0 bridgehead atoms. The Bertz CT molecular complexity index is 348. The van der Waals surface area contributed by atoms with Crippen molar-refractivity contribution in [2.45, 2.75) is 19.3 Å². The summed E-state index contributed by atoms with van der Waals surface area (Å²) >= 11 is 3.56. The summed E-state index contributed by atoms with van der Waals surface area (Å²) in [5.74, 6) is 0. The van der Waals surface area contributed by atoms with E-state index in [1.807, 2.05) is 13.1 Å². The van der Waals surface area contributed by atoms with Gasteiger partial charge in [0, 0.05) is 28.7 Å². The van der Waals surface area contributed by atoms with Crippen LogP contribution in [0.4, 0.5) is 5.69 Å². The highest BCUT2D eigenvalue weighted by atomic mass is 79.9. The molecule has 0 radical (unpaired) electrons. The third kappa shape index (κ3) is 2.58. The smallest absolute Gasteiger partial charge is 0.0484 e. The largest absolute Gasteiger partial charge is 0.384 e. The van der Waals surface area contributed by atoms with E-state index in [2.05, 4.69) is 44.8 Å². The Morgan fingerprint density at radius 2 is 2.00 bits per heavy atom. The fraction of sp³-hybridized carbons (Fsp3) is 0.538. The molecule has 1 fully saturated rings. The van der Waals surface area contributed by atoms with Gasteiger partial charge in [-0.1, -0.05) is 18.6 Å². The zero-order chi connectivity index (χ0) is 11.4. The van der Waals surface area contributed by atoms with Crippen LogP contribution in [0, 0.1) is 5.41 Å². The quantitative estimate of drug-likeness (QED) is 0.866. The SMILES string of the molecule is CNCC1(CNc2ccccc2Br)CCC1. The highest BCUT2D eigenvalue weighted by Crippen LogP contribution is 2.40. The Morgan fingerprint density at radius 3 is 2.56 bits per heavy atom. The van der Waals surface area contributed by atoms with E-state index in [1.165, 1.54) is 24.9 Å². The second-order valence-corrected chi connectivity index (χ2v) is 5.57. The average Bonchev–Trinajstić information content (AvgIpc) is 2.24. The molecule has 0 unspecified atom stereocenters. The molecule has 0 aliphatic heterocycles. The van der Waals surface area contributed by atoms with Crippen molar-refractivity contribution in [1.82, 2.24) is 5.32 Å². The Morgan fingerprint density at radius 1 is 1.25 bits per heavy atom. The Hall–Kier alpha value is -0.540. The third-order valence-electron chi connectivity index (χ3n) is 3.49. The van der Waals surface area contributed by atoms with E-state index in [0.717, 1.165) is 17.6 Å². The summed E-state index contributed by atoms with van der Waals surface area (Å²) < 4.78 is 1.15. The lowest BCUT2D eigenvalue weighted by molar-refractivity contribution is 0.151. The van der Waals surface area contributed by atoms with Crippen molar-refractivity contribution in [3.05, 3.63) is 28.7 Å². The zero-order valence-electron chi connectivity index (χ0n) is 9.72. The van der Waals surface area contributed by atoms with E-state index in [9.17, 15) is 0 Å². The Labute approximate surface area is 106 Å². The van der Waals surface area contributed by atoms with Gasteiger partial charge in [0.15, 0.2) is 0 Å². The van der Waals surface area contributed by atoms with Gasteiger partial charge in [0.1, 0.15) is 0 Å². The molecule has 1 saturated carbocycles. The number of hydrogen-bond acceptors (Lipinski definition) is 2. The molecule has 0 atom stereocenters. The maximum atomic E-state index is 3.56. The highest BCUT2D eigenvalue weighted by molar-refractivity contribution is 9.10. The second kappa shape index (κ2) is 5.19. The maximum Gasteiger partial charge on any atom is 0.0484 e. The molecule has 1 aliphatic carbocycles. The average molecular weight is 283 g/mol. The minimum absolute atomic E-state index is 0.476. The number of rotatable bonds is 5. The molecule has 2 N–H and O–H groups in total. The molecule has 0 aromatic heterocycles. The van der Waals surface area contributed by atoms with Crippen molar-refractivity contribution in [3.8, 4) is 0 Å². The Kier molecular flexibility index (Phi) is 3.87. The van der Waals surface area contributed by atoms with Gasteiger partial charge in [-0.2, -0.15) is 0 Å². The van der Waals surface area contributed by atoms with Gasteiger partial charge in [0.05, 0.1) is 0 Å². The predicted octanol–water partition coefficient (Wildman–Crippen LogP) is 3.25. The number of halogens is 1. The number of para-hydroxylation sites is 1. The lowest BCUT2D eigenvalue weighted by atomic mass is 9.68. The number of anilines is 1. The standard InChI is InChI=1S/C13H19BrN2/c1-15-9-13(7-4-8-13)10-16-12-6-3-2-5-11(12)14/h2-3,5-6,15-16H,4,7-10H2,1H3. The lowest BCUT2D eigenvalue weighted by Crippen LogP contribution is -2.44. The van der Waals surface area contributed by atoms with E-state index >= 15 is 0 Å². The summed E-state index contributed by atoms with van der Waals surface area (Å²) in [6, 6.07) is 8.31. The molecular formula is C13H19BrN2. The molecule has 2 rings (SSSR count). The van der Waals surface area contributed by atoms with E-state index in [1.54, 1.807) is 0 Å². The van der Waals surface area contributed by atoms with Gasteiger partial charge < -0.3 is 10.6 Å². The molecular weight excluding hydrogens is 264 g/mol. The van der Waals surface area contributed by atoms with E-state index in [4.69, 9.17) is 0 Å². The van der Waals surface area contributed by atoms with Crippen molar-refractivity contribution in [1.29, 1.82) is 0 Å². The van der Waals surface area contributed by atoms with Crippen molar-refractivity contribution < 1.29 is 0 Å². The molecule has 2 nitrogen and oxygen atoms in total. The van der Waals surface area contributed by atoms with Crippen LogP contribution in [0.5, 0.6) is 0 Å². The first kappa shape index (κ1) is 11.9. The molecule has 3 heteroatoms. The van der Waals surface area contributed by atoms with Gasteiger partial charge in [-0.15, -0.1) is 0 Å². The molecule has 0 spiro atoms. The van der Waals surface area contributed by atoms with Gasteiger partial charge in [0.25, 0.3) is 0 Å². The fourth-order valence-corrected chi connectivity index (χ4v) is 2.78. The fourth-order valence-electron chi connectivity index (χ4n) is 2.36. The van der Waals surface area contributed by atoms with Crippen LogP contribution in [0.1, 0.15) is 19.3 Å². The minimum Gasteiger partial charge on any atom is -0.384 e. The van der Waals surface area contributed by atoms with Crippen LogP contribution >= 0.6 is 15.9 Å². The van der Waals surface area contributed by atoms with Crippen LogP contribution in [0.25, 0.3) is 0 Å². The van der Waals surface area contributed by atoms with Crippen LogP contribution in [0.15, 0.2) is 28.7 Å². The van der Waals surface area contributed by atoms with Crippen LogP contribution in [0.2, 0.25) is 0 Å². The summed E-state index contributed by atoms with van der Waals surface area (Å²) in [7, 11) is 2.04. The first-order valence-corrected chi connectivity index (χ1v) is 6.68. The lowest BCUT2D eigenvalue weighted by Gasteiger charge is -2.42. The van der Waals surface area contributed by atoms with E-state index in [-0.39, 0.29) is 0 Å². The van der Waals surface area contributed by atoms with Gasteiger partial charge in [-0.25, -0.2) is 0 Å². The van der Waals surface area contributed by atoms with Gasteiger partial charge >= 0.3 is 0 Å². The highest BCUT2D eigenvalue weighted by Gasteiger charge is 2.35. The molecule has 0 saturated heterocycles. The number of nitrogens with one attached hydrogen (secondary N) is 2. The normalized spacial score (nSPS) is 17.9. The van der Waals surface area contributed by atoms with Crippen LogP contribution in [0.3, 0.4) is 0 Å². The summed E-state index contributed by atoms with van der Waals surface area (Å²) in [6.07, 6.45) is 4.05. The van der Waals surface area contributed by atoms with Crippen molar-refractivity contribution in [3.63, 3.8) is 0 Å². The van der Waals surface area contributed by atoms with Crippen LogP contribution in [-0.4, -0.2) is 20.1 Å². The molecule has 1 aliphatic rings. The summed E-state index contributed by atoms with van der Waals surface area (Å²) in [5, 5.41) is 6.86. The molecule has 0 heterocycles. The summed E-state index contributed by atoms with van der Waals surface area (Å²) in [6.45, 7) is 2.18. The number of hydrogen-bond donors (Lipinski definition) is 2. The van der Waals surface area contributed by atoms with Crippen molar-refractivity contribution in [2.24, 2.45) is 5.41 Å². The van der Waals surface area contributed by atoms with E-state index < -0.39 is 0 Å². The van der Waals surface area contributed by atoms with Gasteiger partial charge in [-0.3, -0.25) is 0 Å². The molecule has 16 heavy (non-hydrogen) atoms. The Balaban J connectivity index is 1.93. The first-order valence-electron chi connectivity index (χ1n) is 5.89. The predicted molar refractivity (Wildman–Crippen MR) is 72.8 cm³/mol.